The summed E-state index contributed by atoms with van der Waals surface area (Å²) in [6.07, 6.45) is 7.13. The summed E-state index contributed by atoms with van der Waals surface area (Å²) in [5.74, 6) is 5.29. The van der Waals surface area contributed by atoms with Crippen molar-refractivity contribution < 1.29 is 0 Å². The fraction of sp³-hybridized carbons (Fsp3) is 1.00. The van der Waals surface area contributed by atoms with Crippen LogP contribution in [0.4, 0.5) is 0 Å². The van der Waals surface area contributed by atoms with Gasteiger partial charge < -0.3 is 0 Å². The second-order valence-electron chi connectivity index (χ2n) is 8.38. The molecule has 0 aliphatic heterocycles. The molecule has 0 heterocycles. The summed E-state index contributed by atoms with van der Waals surface area (Å²) >= 11 is 0. The van der Waals surface area contributed by atoms with E-state index in [4.69, 9.17) is 0 Å². The van der Waals surface area contributed by atoms with E-state index in [1.54, 1.807) is 0 Å². The highest BCUT2D eigenvalue weighted by Crippen LogP contribution is 2.35. The van der Waals surface area contributed by atoms with E-state index in [-0.39, 0.29) is 0 Å². The smallest absolute Gasteiger partial charge is 0.0381 e. The van der Waals surface area contributed by atoms with E-state index in [0.717, 1.165) is 35.5 Å². The maximum absolute atomic E-state index is 2.39. The van der Waals surface area contributed by atoms with E-state index in [9.17, 15) is 0 Å². The predicted molar refractivity (Wildman–Crippen MR) is 89.4 cm³/mol. The summed E-state index contributed by atoms with van der Waals surface area (Å²) < 4.78 is 0. The largest absolute Gasteiger partial charge is 0.0628 e. The van der Waals surface area contributed by atoms with Gasteiger partial charge in [-0.15, -0.1) is 0 Å². The maximum Gasteiger partial charge on any atom is -0.0381 e. The van der Waals surface area contributed by atoms with Gasteiger partial charge in [-0.2, -0.15) is 0 Å². The van der Waals surface area contributed by atoms with Gasteiger partial charge >= 0.3 is 0 Å². The lowest BCUT2D eigenvalue weighted by Crippen LogP contribution is -2.21. The van der Waals surface area contributed by atoms with Gasteiger partial charge in [-0.05, 0) is 61.2 Å². The van der Waals surface area contributed by atoms with Crippen molar-refractivity contribution in [2.45, 2.75) is 87.5 Å². The van der Waals surface area contributed by atoms with Crippen molar-refractivity contribution in [3.8, 4) is 0 Å². The summed E-state index contributed by atoms with van der Waals surface area (Å²) in [6.45, 7) is 19.1. The molecule has 0 saturated carbocycles. The van der Waals surface area contributed by atoms with Crippen LogP contribution >= 0.6 is 0 Å². The lowest BCUT2D eigenvalue weighted by molar-refractivity contribution is 0.192. The molecule has 0 bridgehead atoms. The lowest BCUT2D eigenvalue weighted by Gasteiger charge is -2.32. The van der Waals surface area contributed by atoms with Gasteiger partial charge in [0.2, 0.25) is 0 Å². The van der Waals surface area contributed by atoms with E-state index in [1.807, 2.05) is 0 Å². The van der Waals surface area contributed by atoms with Crippen molar-refractivity contribution >= 4 is 0 Å². The molecule has 0 aliphatic carbocycles. The first-order valence-electron chi connectivity index (χ1n) is 8.72. The van der Waals surface area contributed by atoms with Gasteiger partial charge in [0.1, 0.15) is 0 Å². The minimum Gasteiger partial charge on any atom is -0.0628 e. The van der Waals surface area contributed by atoms with E-state index < -0.39 is 0 Å². The highest BCUT2D eigenvalue weighted by Gasteiger charge is 2.24. The third-order valence-electron chi connectivity index (χ3n) is 4.10. The molecule has 0 saturated heterocycles. The van der Waals surface area contributed by atoms with Crippen LogP contribution in [0.5, 0.6) is 0 Å². The topological polar surface area (TPSA) is 0 Å². The van der Waals surface area contributed by atoms with Gasteiger partial charge in [0.15, 0.2) is 0 Å². The first-order chi connectivity index (χ1) is 8.72. The SMILES string of the molecule is CC(C)CCC(CC(C)C)C(CC(C)C)CC(C)C. The molecular formula is C19H40. The van der Waals surface area contributed by atoms with Crippen molar-refractivity contribution in [1.29, 1.82) is 0 Å². The molecule has 116 valence electrons. The minimum atomic E-state index is 0.845. The fourth-order valence-electron chi connectivity index (χ4n) is 3.39. The van der Waals surface area contributed by atoms with Crippen LogP contribution < -0.4 is 0 Å². The third-order valence-corrected chi connectivity index (χ3v) is 4.10. The second kappa shape index (κ2) is 9.83. The summed E-state index contributed by atoms with van der Waals surface area (Å²) in [5.41, 5.74) is 0. The zero-order valence-corrected chi connectivity index (χ0v) is 15.0. The third kappa shape index (κ3) is 10.4. The fourth-order valence-corrected chi connectivity index (χ4v) is 3.39. The van der Waals surface area contributed by atoms with Gasteiger partial charge in [-0.3, -0.25) is 0 Å². The van der Waals surface area contributed by atoms with Gasteiger partial charge in [0, 0.05) is 0 Å². The monoisotopic (exact) mass is 268 g/mol. The Kier molecular flexibility index (Phi) is 9.83. The minimum absolute atomic E-state index is 0.845. The van der Waals surface area contributed by atoms with E-state index in [0.29, 0.717) is 0 Å². The van der Waals surface area contributed by atoms with Gasteiger partial charge in [0.05, 0.1) is 0 Å². The average molecular weight is 269 g/mol. The molecule has 0 aliphatic rings. The van der Waals surface area contributed by atoms with E-state index >= 15 is 0 Å². The molecule has 1 atom stereocenters. The van der Waals surface area contributed by atoms with Crippen LogP contribution in [0, 0.1) is 35.5 Å². The Hall–Kier alpha value is 0. The van der Waals surface area contributed by atoms with Crippen LogP contribution in [0.3, 0.4) is 0 Å². The highest BCUT2D eigenvalue weighted by molar-refractivity contribution is 4.75. The van der Waals surface area contributed by atoms with Crippen molar-refractivity contribution in [1.82, 2.24) is 0 Å². The molecule has 1 unspecified atom stereocenters. The number of rotatable bonds is 10. The Morgan fingerprint density at radius 3 is 1.11 bits per heavy atom. The van der Waals surface area contributed by atoms with Gasteiger partial charge in [-0.25, -0.2) is 0 Å². The van der Waals surface area contributed by atoms with Crippen molar-refractivity contribution in [3.05, 3.63) is 0 Å². The summed E-state index contributed by atoms with van der Waals surface area (Å²) in [7, 11) is 0. The molecule has 19 heavy (non-hydrogen) atoms. The van der Waals surface area contributed by atoms with Crippen LogP contribution in [0.1, 0.15) is 87.5 Å². The Morgan fingerprint density at radius 2 is 0.789 bits per heavy atom. The molecule has 0 amide bonds. The number of hydrogen-bond acceptors (Lipinski definition) is 0. The van der Waals surface area contributed by atoms with Crippen molar-refractivity contribution in [2.24, 2.45) is 35.5 Å². The average Bonchev–Trinajstić information content (AvgIpc) is 2.21. The van der Waals surface area contributed by atoms with Crippen LogP contribution in [0.15, 0.2) is 0 Å². The van der Waals surface area contributed by atoms with Gasteiger partial charge in [0.25, 0.3) is 0 Å². The quantitative estimate of drug-likeness (QED) is 0.409. The molecule has 0 rings (SSSR count). The molecule has 0 heteroatoms. The molecule has 0 N–H and O–H groups in total. The highest BCUT2D eigenvalue weighted by atomic mass is 14.3. The Bertz CT molecular complexity index is 190. The van der Waals surface area contributed by atoms with E-state index in [2.05, 4.69) is 55.4 Å². The van der Waals surface area contributed by atoms with Gasteiger partial charge in [-0.1, -0.05) is 61.8 Å². The second-order valence-corrected chi connectivity index (χ2v) is 8.38. The predicted octanol–water partition coefficient (Wildman–Crippen LogP) is 6.79. The van der Waals surface area contributed by atoms with Crippen LogP contribution in [-0.2, 0) is 0 Å². The molecule has 0 fully saturated rings. The molecule has 0 aromatic heterocycles. The lowest BCUT2D eigenvalue weighted by atomic mass is 9.74. The van der Waals surface area contributed by atoms with E-state index in [1.165, 1.54) is 32.1 Å². The maximum atomic E-state index is 2.39. The van der Waals surface area contributed by atoms with Crippen molar-refractivity contribution in [3.63, 3.8) is 0 Å². The molecule has 0 aromatic rings. The summed E-state index contributed by atoms with van der Waals surface area (Å²) in [5, 5.41) is 0. The molecular weight excluding hydrogens is 228 g/mol. The Labute approximate surface area is 123 Å². The first kappa shape index (κ1) is 19.0. The summed E-state index contributed by atoms with van der Waals surface area (Å²) in [4.78, 5) is 0. The molecule has 0 spiro atoms. The van der Waals surface area contributed by atoms with Crippen molar-refractivity contribution in [2.75, 3.05) is 0 Å². The number of hydrogen-bond donors (Lipinski definition) is 0. The first-order valence-corrected chi connectivity index (χ1v) is 8.72. The standard InChI is InChI=1S/C19H40/c1-14(2)9-10-18(11-15(3)4)19(12-16(5)6)13-17(7)8/h14-19H,9-13H2,1-8H3. The van der Waals surface area contributed by atoms with Crippen LogP contribution in [0.2, 0.25) is 0 Å². The van der Waals surface area contributed by atoms with Crippen LogP contribution in [0.25, 0.3) is 0 Å². The zero-order chi connectivity index (χ0) is 15.0. The summed E-state index contributed by atoms with van der Waals surface area (Å²) in [6, 6.07) is 0. The Morgan fingerprint density at radius 1 is 0.421 bits per heavy atom. The van der Waals surface area contributed by atoms with Crippen LogP contribution in [-0.4, -0.2) is 0 Å². The molecule has 0 aromatic carbocycles. The normalized spacial score (nSPS) is 14.4. The molecule has 0 radical (unpaired) electrons. The Balaban J connectivity index is 4.67. The molecule has 0 nitrogen and oxygen atoms in total. The zero-order valence-electron chi connectivity index (χ0n) is 15.0.